The van der Waals surface area contributed by atoms with Crippen LogP contribution in [0.5, 0.6) is 0 Å². The molecule has 0 N–H and O–H groups in total. The Bertz CT molecular complexity index is 1000. The minimum atomic E-state index is -4.50. The van der Waals surface area contributed by atoms with E-state index >= 15 is 0 Å². The van der Waals surface area contributed by atoms with Gasteiger partial charge >= 0.3 is 5.97 Å². The molecule has 0 heterocycles. The van der Waals surface area contributed by atoms with Crippen LogP contribution < -0.4 is 4.89 Å². The van der Waals surface area contributed by atoms with Crippen molar-refractivity contribution in [3.05, 3.63) is 60.8 Å². The van der Waals surface area contributed by atoms with Gasteiger partial charge in [-0.05, 0) is 57.8 Å². The van der Waals surface area contributed by atoms with Crippen molar-refractivity contribution in [3.8, 4) is 0 Å². The van der Waals surface area contributed by atoms with Crippen LogP contribution >= 0.6 is 7.82 Å². The zero-order valence-electron chi connectivity index (χ0n) is 33.3. The number of ether oxygens (including phenoxy) is 2. The van der Waals surface area contributed by atoms with Crippen molar-refractivity contribution in [2.45, 2.75) is 148 Å². The van der Waals surface area contributed by atoms with Gasteiger partial charge in [-0.2, -0.15) is 0 Å². The highest BCUT2D eigenvalue weighted by Crippen LogP contribution is 2.38. The fraction of sp³-hybridized carbons (Fsp3) is 0.738. The minimum Gasteiger partial charge on any atom is -0.756 e. The number of nitrogens with zero attached hydrogens (tertiary/aromatic N) is 1. The molecular formula is C42H76NO7P. The molecule has 0 bridgehead atoms. The highest BCUT2D eigenvalue weighted by atomic mass is 31.2. The molecule has 0 saturated carbocycles. The molecule has 2 atom stereocenters. The zero-order valence-corrected chi connectivity index (χ0v) is 34.2. The van der Waals surface area contributed by atoms with E-state index < -0.39 is 13.9 Å². The van der Waals surface area contributed by atoms with Crippen LogP contribution in [0.2, 0.25) is 0 Å². The van der Waals surface area contributed by atoms with E-state index in [9.17, 15) is 14.3 Å². The molecule has 0 aromatic heterocycles. The fourth-order valence-electron chi connectivity index (χ4n) is 4.98. The highest BCUT2D eigenvalue weighted by Gasteiger charge is 2.20. The van der Waals surface area contributed by atoms with Gasteiger partial charge in [0.1, 0.15) is 19.3 Å². The van der Waals surface area contributed by atoms with E-state index in [0.717, 1.165) is 64.2 Å². The predicted molar refractivity (Wildman–Crippen MR) is 212 cm³/mol. The van der Waals surface area contributed by atoms with Gasteiger partial charge in [0.15, 0.2) is 0 Å². The van der Waals surface area contributed by atoms with Crippen molar-refractivity contribution >= 4 is 13.8 Å². The third-order valence-corrected chi connectivity index (χ3v) is 9.05. The smallest absolute Gasteiger partial charge is 0.306 e. The van der Waals surface area contributed by atoms with Gasteiger partial charge in [0.25, 0.3) is 7.82 Å². The topological polar surface area (TPSA) is 94.1 Å². The lowest BCUT2D eigenvalue weighted by Gasteiger charge is -2.28. The van der Waals surface area contributed by atoms with Crippen molar-refractivity contribution in [2.75, 3.05) is 54.1 Å². The average Bonchev–Trinajstić information content (AvgIpc) is 3.07. The lowest BCUT2D eigenvalue weighted by molar-refractivity contribution is -0.870. The maximum Gasteiger partial charge on any atom is 0.306 e. The fourth-order valence-corrected chi connectivity index (χ4v) is 5.71. The van der Waals surface area contributed by atoms with Crippen LogP contribution in [0.4, 0.5) is 0 Å². The first-order valence-corrected chi connectivity index (χ1v) is 21.5. The molecule has 0 aromatic carbocycles. The number of unbranched alkanes of at least 4 members (excludes halogenated alkanes) is 12. The van der Waals surface area contributed by atoms with E-state index in [1.807, 2.05) is 21.1 Å². The quantitative estimate of drug-likeness (QED) is 0.0208. The number of quaternary nitrogens is 1. The number of hydrogen-bond donors (Lipinski definition) is 0. The van der Waals surface area contributed by atoms with Crippen LogP contribution in [0.3, 0.4) is 0 Å². The molecule has 0 amide bonds. The molecule has 0 aliphatic rings. The van der Waals surface area contributed by atoms with Crippen LogP contribution in [-0.4, -0.2) is 70.7 Å². The second-order valence-electron chi connectivity index (χ2n) is 14.3. The summed E-state index contributed by atoms with van der Waals surface area (Å²) in [4.78, 5) is 24.5. The van der Waals surface area contributed by atoms with E-state index in [1.54, 1.807) is 0 Å². The van der Waals surface area contributed by atoms with Crippen LogP contribution in [0.25, 0.3) is 0 Å². The molecule has 296 valence electrons. The summed E-state index contributed by atoms with van der Waals surface area (Å²) in [5.74, 6) is -0.363. The van der Waals surface area contributed by atoms with Crippen LogP contribution in [0.15, 0.2) is 60.8 Å². The Balaban J connectivity index is 3.89. The Hall–Kier alpha value is -1.80. The monoisotopic (exact) mass is 738 g/mol. The van der Waals surface area contributed by atoms with Crippen LogP contribution in [-0.2, 0) is 27.9 Å². The summed E-state index contributed by atoms with van der Waals surface area (Å²) in [6.45, 7) is 5.09. The van der Waals surface area contributed by atoms with Gasteiger partial charge in [-0.1, -0.05) is 139 Å². The van der Waals surface area contributed by atoms with Crippen molar-refractivity contribution in [2.24, 2.45) is 0 Å². The zero-order chi connectivity index (χ0) is 37.7. The number of allylic oxidation sites excluding steroid dienone is 10. The van der Waals surface area contributed by atoms with Gasteiger partial charge < -0.3 is 27.9 Å². The third-order valence-electron chi connectivity index (χ3n) is 8.08. The van der Waals surface area contributed by atoms with Gasteiger partial charge in [-0.25, -0.2) is 0 Å². The first-order valence-electron chi connectivity index (χ1n) is 20.0. The average molecular weight is 738 g/mol. The number of esters is 1. The molecule has 51 heavy (non-hydrogen) atoms. The Kier molecular flexibility index (Phi) is 34.0. The number of carbonyl (C=O) groups excluding carboxylic acids is 1. The summed E-state index contributed by atoms with van der Waals surface area (Å²) in [5, 5.41) is 0. The number of carbonyl (C=O) groups is 1. The van der Waals surface area contributed by atoms with Gasteiger partial charge in [-0.3, -0.25) is 9.36 Å². The molecule has 0 saturated heterocycles. The standard InChI is InChI=1S/C42H76NO7P/c1-6-8-10-11-12-13-14-15-16-17-18-19-20-21-22-23-24-25-26-27-28-29-30-31-32-34-37-47-39-41(50-42(44)35-33-9-7-2)40-49-51(45,46)48-38-36-43(3,4)5/h8,10,12-13,15-16,18-19,21-22,41H,6-7,9,11,14,17,20,23-40H2,1-5H3/b10-8-,13-12-,16-15-,19-18-,22-21-. The predicted octanol–water partition coefficient (Wildman–Crippen LogP) is 10.7. The van der Waals surface area contributed by atoms with E-state index in [1.165, 1.54) is 57.8 Å². The summed E-state index contributed by atoms with van der Waals surface area (Å²) in [6.07, 6.45) is 43.2. The van der Waals surface area contributed by atoms with Crippen molar-refractivity contribution < 1.29 is 37.3 Å². The largest absolute Gasteiger partial charge is 0.756 e. The number of phosphoric ester groups is 1. The highest BCUT2D eigenvalue weighted by molar-refractivity contribution is 7.45. The Morgan fingerprint density at radius 1 is 0.627 bits per heavy atom. The molecule has 0 fully saturated rings. The third kappa shape index (κ3) is 39.2. The Morgan fingerprint density at radius 3 is 1.67 bits per heavy atom. The van der Waals surface area contributed by atoms with Crippen LogP contribution in [0.1, 0.15) is 142 Å². The van der Waals surface area contributed by atoms with E-state index in [0.29, 0.717) is 24.1 Å². The normalized spacial score (nSPS) is 14.5. The van der Waals surface area contributed by atoms with E-state index in [-0.39, 0.29) is 25.8 Å². The molecule has 8 nitrogen and oxygen atoms in total. The van der Waals surface area contributed by atoms with Crippen molar-refractivity contribution in [1.82, 2.24) is 0 Å². The van der Waals surface area contributed by atoms with E-state index in [4.69, 9.17) is 18.5 Å². The first kappa shape index (κ1) is 49.2. The SMILES string of the molecule is CC/C=C\C/C=C\C/C=C\C/C=C\C/C=C\CCCCCCCCCCCCOCC(COP(=O)([O-])OCC[N+](C)(C)C)OC(=O)CCCCC. The van der Waals surface area contributed by atoms with Gasteiger partial charge in [-0.15, -0.1) is 0 Å². The van der Waals surface area contributed by atoms with Crippen molar-refractivity contribution in [1.29, 1.82) is 0 Å². The van der Waals surface area contributed by atoms with Gasteiger partial charge in [0.05, 0.1) is 34.4 Å². The molecule has 0 rings (SSSR count). The lowest BCUT2D eigenvalue weighted by Crippen LogP contribution is -2.37. The summed E-state index contributed by atoms with van der Waals surface area (Å²) in [6, 6.07) is 0. The molecule has 0 spiro atoms. The minimum absolute atomic E-state index is 0.0225. The molecule has 2 unspecified atom stereocenters. The molecule has 0 radical (unpaired) electrons. The Morgan fingerprint density at radius 2 is 1.14 bits per heavy atom. The number of likely N-dealkylation sites (N-methyl/N-ethyl adjacent to an activating group) is 1. The maximum absolute atomic E-state index is 12.3. The summed E-state index contributed by atoms with van der Waals surface area (Å²) in [7, 11) is 1.34. The molecule has 0 aliphatic carbocycles. The summed E-state index contributed by atoms with van der Waals surface area (Å²) < 4.78 is 34.1. The molecular weight excluding hydrogens is 661 g/mol. The number of hydrogen-bond acceptors (Lipinski definition) is 7. The number of rotatable bonds is 36. The lowest BCUT2D eigenvalue weighted by atomic mass is 10.1. The van der Waals surface area contributed by atoms with E-state index in [2.05, 4.69) is 74.6 Å². The molecule has 9 heteroatoms. The van der Waals surface area contributed by atoms with Gasteiger partial charge in [0.2, 0.25) is 0 Å². The summed E-state index contributed by atoms with van der Waals surface area (Å²) in [5.41, 5.74) is 0. The molecule has 0 aromatic rings. The van der Waals surface area contributed by atoms with Crippen LogP contribution in [0, 0.1) is 0 Å². The second kappa shape index (κ2) is 35.2. The van der Waals surface area contributed by atoms with Gasteiger partial charge in [0, 0.05) is 13.0 Å². The number of phosphoric acid groups is 1. The maximum atomic E-state index is 12.3. The van der Waals surface area contributed by atoms with Crippen molar-refractivity contribution in [3.63, 3.8) is 0 Å². The first-order chi connectivity index (χ1) is 24.6. The molecule has 0 aliphatic heterocycles. The summed E-state index contributed by atoms with van der Waals surface area (Å²) >= 11 is 0. The second-order valence-corrected chi connectivity index (χ2v) is 15.7. The Labute approximate surface area is 313 Å².